The van der Waals surface area contributed by atoms with Crippen LogP contribution < -0.4 is 9.64 Å². The standard InChI is InChI=1S/C18H19N3O3/c1-12-19-20-18(24-12)21-7-8-23-17(11-21)15-4-3-14-10-16(22-2)6-5-13(14)9-15/h3-6,9-10,17H,7-8,11H2,1-2H3/t17-/m1/s1. The summed E-state index contributed by atoms with van der Waals surface area (Å²) in [5.41, 5.74) is 1.15. The van der Waals surface area contributed by atoms with Gasteiger partial charge in [0, 0.05) is 13.5 Å². The first-order chi connectivity index (χ1) is 11.7. The average molecular weight is 325 g/mol. The molecule has 0 spiro atoms. The zero-order valence-corrected chi connectivity index (χ0v) is 13.7. The van der Waals surface area contributed by atoms with Crippen LogP contribution in [0.1, 0.15) is 17.6 Å². The smallest absolute Gasteiger partial charge is 0.318 e. The summed E-state index contributed by atoms with van der Waals surface area (Å²) < 4.78 is 16.8. The van der Waals surface area contributed by atoms with Crippen LogP contribution in [0.2, 0.25) is 0 Å². The molecule has 6 heteroatoms. The van der Waals surface area contributed by atoms with Gasteiger partial charge in [-0.25, -0.2) is 0 Å². The van der Waals surface area contributed by atoms with Crippen LogP contribution in [-0.2, 0) is 4.74 Å². The van der Waals surface area contributed by atoms with Crippen LogP contribution in [0.3, 0.4) is 0 Å². The normalized spacial score (nSPS) is 18.1. The maximum absolute atomic E-state index is 5.96. The highest BCUT2D eigenvalue weighted by Crippen LogP contribution is 2.29. The maximum atomic E-state index is 5.96. The third-order valence-corrected chi connectivity index (χ3v) is 4.30. The maximum Gasteiger partial charge on any atom is 0.318 e. The largest absolute Gasteiger partial charge is 0.497 e. The van der Waals surface area contributed by atoms with Crippen LogP contribution in [-0.4, -0.2) is 37.0 Å². The molecule has 4 rings (SSSR count). The highest BCUT2D eigenvalue weighted by atomic mass is 16.5. The monoisotopic (exact) mass is 325 g/mol. The van der Waals surface area contributed by atoms with Crippen molar-refractivity contribution in [2.24, 2.45) is 0 Å². The number of aromatic nitrogens is 2. The first kappa shape index (κ1) is 15.0. The van der Waals surface area contributed by atoms with E-state index in [1.807, 2.05) is 12.1 Å². The van der Waals surface area contributed by atoms with Gasteiger partial charge in [0.1, 0.15) is 11.9 Å². The van der Waals surface area contributed by atoms with Crippen molar-refractivity contribution in [3.63, 3.8) is 0 Å². The molecule has 1 aliphatic rings. The van der Waals surface area contributed by atoms with Crippen molar-refractivity contribution in [1.29, 1.82) is 0 Å². The minimum atomic E-state index is -0.0162. The molecule has 0 unspecified atom stereocenters. The number of nitrogens with zero attached hydrogens (tertiary/aromatic N) is 3. The molecule has 2 heterocycles. The second-order valence-electron chi connectivity index (χ2n) is 5.88. The van der Waals surface area contributed by atoms with Crippen LogP contribution in [0.4, 0.5) is 6.01 Å². The summed E-state index contributed by atoms with van der Waals surface area (Å²) in [7, 11) is 1.68. The molecule has 6 nitrogen and oxygen atoms in total. The Hall–Kier alpha value is -2.60. The molecule has 0 N–H and O–H groups in total. The Morgan fingerprint density at radius 1 is 1.12 bits per heavy atom. The lowest BCUT2D eigenvalue weighted by atomic mass is 10.0. The molecule has 0 bridgehead atoms. The van der Waals surface area contributed by atoms with Gasteiger partial charge in [0.15, 0.2) is 0 Å². The molecule has 3 aromatic rings. The summed E-state index contributed by atoms with van der Waals surface area (Å²) >= 11 is 0. The number of hydrogen-bond acceptors (Lipinski definition) is 6. The van der Waals surface area contributed by atoms with E-state index in [9.17, 15) is 0 Å². The van der Waals surface area contributed by atoms with Gasteiger partial charge >= 0.3 is 6.01 Å². The van der Waals surface area contributed by atoms with Crippen LogP contribution in [0.25, 0.3) is 10.8 Å². The van der Waals surface area contributed by atoms with Crippen LogP contribution in [0.5, 0.6) is 5.75 Å². The van der Waals surface area contributed by atoms with Gasteiger partial charge in [0.05, 0.1) is 20.3 Å². The Kier molecular flexibility index (Phi) is 3.82. The molecule has 0 amide bonds. The van der Waals surface area contributed by atoms with Crippen molar-refractivity contribution in [2.45, 2.75) is 13.0 Å². The lowest BCUT2D eigenvalue weighted by Crippen LogP contribution is -2.38. The summed E-state index contributed by atoms with van der Waals surface area (Å²) in [6, 6.07) is 13.0. The van der Waals surface area contributed by atoms with E-state index in [1.165, 1.54) is 5.39 Å². The minimum Gasteiger partial charge on any atom is -0.497 e. The SMILES string of the molecule is COc1ccc2cc([C@H]3CN(c4nnc(C)o4)CCO3)ccc2c1. The third kappa shape index (κ3) is 2.80. The van der Waals surface area contributed by atoms with E-state index in [4.69, 9.17) is 13.9 Å². The second kappa shape index (κ2) is 6.13. The Labute approximate surface area is 140 Å². The van der Waals surface area contributed by atoms with Crippen molar-refractivity contribution in [1.82, 2.24) is 10.2 Å². The number of hydrogen-bond donors (Lipinski definition) is 0. The zero-order chi connectivity index (χ0) is 16.5. The number of methoxy groups -OCH3 is 1. The van der Waals surface area contributed by atoms with E-state index < -0.39 is 0 Å². The predicted octanol–water partition coefficient (Wildman–Crippen LogP) is 3.12. The molecule has 1 saturated heterocycles. The fourth-order valence-electron chi connectivity index (χ4n) is 3.01. The van der Waals surface area contributed by atoms with Gasteiger partial charge in [-0.15, -0.1) is 5.10 Å². The Bertz CT molecular complexity index is 862. The summed E-state index contributed by atoms with van der Waals surface area (Å²) in [4.78, 5) is 2.08. The second-order valence-corrected chi connectivity index (χ2v) is 5.88. The van der Waals surface area contributed by atoms with Crippen LogP contribution in [0, 0.1) is 6.92 Å². The molecule has 0 radical (unpaired) electrons. The van der Waals surface area contributed by atoms with Crippen molar-refractivity contribution < 1.29 is 13.9 Å². The number of morpholine rings is 1. The van der Waals surface area contributed by atoms with Gasteiger partial charge in [-0.2, -0.15) is 0 Å². The van der Waals surface area contributed by atoms with E-state index in [1.54, 1.807) is 14.0 Å². The van der Waals surface area contributed by atoms with Crippen molar-refractivity contribution in [3.05, 3.63) is 47.9 Å². The van der Waals surface area contributed by atoms with E-state index in [0.717, 1.165) is 23.2 Å². The fourth-order valence-corrected chi connectivity index (χ4v) is 3.01. The Balaban J connectivity index is 1.59. The molecule has 0 saturated carbocycles. The molecule has 0 aliphatic carbocycles. The summed E-state index contributed by atoms with van der Waals surface area (Å²) in [6.07, 6.45) is -0.0162. The average Bonchev–Trinajstić information content (AvgIpc) is 3.07. The van der Waals surface area contributed by atoms with Gasteiger partial charge in [0.2, 0.25) is 5.89 Å². The minimum absolute atomic E-state index is 0.0162. The lowest BCUT2D eigenvalue weighted by molar-refractivity contribution is 0.0380. The van der Waals surface area contributed by atoms with Gasteiger partial charge in [-0.3, -0.25) is 0 Å². The predicted molar refractivity (Wildman–Crippen MR) is 90.4 cm³/mol. The number of benzene rings is 2. The highest BCUT2D eigenvalue weighted by Gasteiger charge is 2.25. The van der Waals surface area contributed by atoms with E-state index in [2.05, 4.69) is 39.4 Å². The quantitative estimate of drug-likeness (QED) is 0.737. The highest BCUT2D eigenvalue weighted by molar-refractivity contribution is 5.84. The molecule has 1 atom stereocenters. The molecule has 1 aliphatic heterocycles. The van der Waals surface area contributed by atoms with E-state index in [0.29, 0.717) is 25.1 Å². The number of aryl methyl sites for hydroxylation is 1. The first-order valence-electron chi connectivity index (χ1n) is 7.97. The molecule has 2 aromatic carbocycles. The summed E-state index contributed by atoms with van der Waals surface area (Å²) in [5, 5.41) is 10.3. The van der Waals surface area contributed by atoms with Crippen LogP contribution >= 0.6 is 0 Å². The molecule has 1 fully saturated rings. The van der Waals surface area contributed by atoms with E-state index >= 15 is 0 Å². The summed E-state index contributed by atoms with van der Waals surface area (Å²) in [5.74, 6) is 1.44. The van der Waals surface area contributed by atoms with E-state index in [-0.39, 0.29) is 6.10 Å². The van der Waals surface area contributed by atoms with Gasteiger partial charge < -0.3 is 18.8 Å². The lowest BCUT2D eigenvalue weighted by Gasteiger charge is -2.32. The topological polar surface area (TPSA) is 60.6 Å². The molecular formula is C18H19N3O3. The van der Waals surface area contributed by atoms with Crippen molar-refractivity contribution in [3.8, 4) is 5.75 Å². The van der Waals surface area contributed by atoms with Crippen molar-refractivity contribution in [2.75, 3.05) is 31.7 Å². The van der Waals surface area contributed by atoms with Crippen LogP contribution in [0.15, 0.2) is 40.8 Å². The number of anilines is 1. The number of ether oxygens (including phenoxy) is 2. The fraction of sp³-hybridized carbons (Fsp3) is 0.333. The van der Waals surface area contributed by atoms with Crippen molar-refractivity contribution >= 4 is 16.8 Å². The van der Waals surface area contributed by atoms with Gasteiger partial charge in [0.25, 0.3) is 0 Å². The van der Waals surface area contributed by atoms with Gasteiger partial charge in [-0.1, -0.05) is 23.3 Å². The molecule has 24 heavy (non-hydrogen) atoms. The first-order valence-corrected chi connectivity index (χ1v) is 7.97. The zero-order valence-electron chi connectivity index (χ0n) is 13.7. The third-order valence-electron chi connectivity index (χ3n) is 4.30. The molecule has 1 aromatic heterocycles. The molecular weight excluding hydrogens is 306 g/mol. The number of fused-ring (bicyclic) bond motifs is 1. The Morgan fingerprint density at radius 3 is 2.75 bits per heavy atom. The molecule has 124 valence electrons. The Morgan fingerprint density at radius 2 is 1.96 bits per heavy atom. The summed E-state index contributed by atoms with van der Waals surface area (Å²) in [6.45, 7) is 3.88. The van der Waals surface area contributed by atoms with Gasteiger partial charge in [-0.05, 0) is 34.5 Å². The number of rotatable bonds is 3.